The Balaban J connectivity index is 0.925. The molecule has 2 aliphatic heterocycles. The first-order valence-corrected chi connectivity index (χ1v) is 29.7. The first kappa shape index (κ1) is 32.4. The Morgan fingerprint density at radius 3 is 1.45 bits per heavy atom. The first-order valence-electron chi connectivity index (χ1n) is 29.7. The summed E-state index contributed by atoms with van der Waals surface area (Å²) >= 11 is 0. The third kappa shape index (κ3) is 1.81. The largest absolute Gasteiger partial charge is 0.442 e. The Morgan fingerprint density at radius 1 is 0.425 bits per heavy atom. The molecule has 35 rings (SSSR count). The first-order chi connectivity index (χ1) is 39.3. The molecule has 1 amide bonds. The number of nitrogens with zero attached hydrogens (tertiary/aromatic N) is 3. The molecule has 16 aliphatic rings. The number of rotatable bonds is 2. The van der Waals surface area contributed by atoms with Crippen LogP contribution in [0.1, 0.15) is 126 Å². The van der Waals surface area contributed by atoms with Gasteiger partial charge >= 0.3 is 11.8 Å². The molecule has 8 unspecified atom stereocenters. The summed E-state index contributed by atoms with van der Waals surface area (Å²) in [6.07, 6.45) is -4.65. The van der Waals surface area contributed by atoms with Gasteiger partial charge in [-0.25, -0.2) is 0 Å². The summed E-state index contributed by atoms with van der Waals surface area (Å²) in [4.78, 5) is 18.9. The summed E-state index contributed by atoms with van der Waals surface area (Å²) in [5.41, 5.74) is 25.1. The van der Waals surface area contributed by atoms with Gasteiger partial charge in [0, 0.05) is 64.1 Å². The van der Waals surface area contributed by atoms with E-state index in [4.69, 9.17) is 0 Å². The van der Waals surface area contributed by atoms with Gasteiger partial charge in [0.2, 0.25) is 0 Å². The van der Waals surface area contributed by atoms with Gasteiger partial charge in [-0.3, -0.25) is 4.79 Å². The SMILES string of the molecule is C[C@@H]1N(C(=O)c2ccc(C3(C(F)(F)F)N=N3)cc2)[C@@H](C)C23c4c5c6c7c8c9c%10c%11c%12c%13c%14c%15c%16c%17c%18c%14c%14c%19c%20c%21c%22c%23c%24c(c%25c4c4c6c8c6c%10c8c%10c%11c(c%14%13)c%20c%10c%10c%21c%24c%11c%25c4c6c8c%11%10)C12C=%23C(=C%17C3C5C%16=C7C%15C%129)C%18C%19%22. The van der Waals surface area contributed by atoms with Gasteiger partial charge in [-0.15, -0.1) is 10.2 Å². The summed E-state index contributed by atoms with van der Waals surface area (Å²) in [6, 6.07) is 5.78. The van der Waals surface area contributed by atoms with Crippen molar-refractivity contribution in [2.45, 2.75) is 78.2 Å². The van der Waals surface area contributed by atoms with Crippen molar-refractivity contribution in [1.29, 1.82) is 0 Å². The lowest BCUT2D eigenvalue weighted by Gasteiger charge is -2.58. The molecule has 1 saturated heterocycles. The Labute approximate surface area is 439 Å². The fourth-order valence-electron chi connectivity index (χ4n) is 29.4. The van der Waals surface area contributed by atoms with E-state index in [1.54, 1.807) is 295 Å². The smallest absolute Gasteiger partial charge is 0.331 e. The van der Waals surface area contributed by atoms with Crippen LogP contribution in [0.4, 0.5) is 13.2 Å². The van der Waals surface area contributed by atoms with Crippen molar-refractivity contribution in [3.05, 3.63) is 113 Å². The van der Waals surface area contributed by atoms with Crippen LogP contribution in [0.15, 0.2) is 40.1 Å². The van der Waals surface area contributed by atoms with Crippen molar-refractivity contribution in [2.24, 2.45) is 16.1 Å². The number of alkyl halides is 3. The van der Waals surface area contributed by atoms with Gasteiger partial charge in [-0.1, -0.05) is 12.1 Å². The van der Waals surface area contributed by atoms with Gasteiger partial charge in [0.15, 0.2) is 0 Å². The van der Waals surface area contributed by atoms with Crippen LogP contribution in [0.5, 0.6) is 0 Å². The molecule has 14 aliphatic carbocycles. The Kier molecular flexibility index (Phi) is 3.01. The number of likely N-dealkylation sites (tertiary alicyclic amines) is 1. The zero-order valence-corrected chi connectivity index (χ0v) is 41.3. The second kappa shape index (κ2) is 7.43. The van der Waals surface area contributed by atoms with E-state index in [9.17, 15) is 13.2 Å². The number of hydrogen-bond donors (Lipinski definition) is 0. The summed E-state index contributed by atoms with van der Waals surface area (Å²) in [6.45, 7) is 4.94. The third-order valence-electron chi connectivity index (χ3n) is 29.5. The second-order valence-corrected chi connectivity index (χ2v) is 29.5. The van der Waals surface area contributed by atoms with Crippen molar-refractivity contribution in [3.63, 3.8) is 0 Å². The summed E-state index contributed by atoms with van der Waals surface area (Å²) in [7, 11) is 0. The van der Waals surface area contributed by atoms with Crippen molar-refractivity contribution in [2.75, 3.05) is 0 Å². The molecule has 0 bridgehead atoms. The molecule has 2 heterocycles. The Bertz CT molecular complexity index is 7320. The maximum Gasteiger partial charge on any atom is 0.442 e. The normalized spacial score (nSPS) is 32.4. The van der Waals surface area contributed by atoms with Gasteiger partial charge in [0.1, 0.15) is 0 Å². The fourth-order valence-corrected chi connectivity index (χ4v) is 29.4. The number of halogens is 3. The van der Waals surface area contributed by atoms with Crippen LogP contribution >= 0.6 is 0 Å². The molecule has 19 aromatic carbocycles. The maximum atomic E-state index is 16.6. The highest BCUT2D eigenvalue weighted by Gasteiger charge is 2.85. The summed E-state index contributed by atoms with van der Waals surface area (Å²) < 4.78 is 43.7. The highest BCUT2D eigenvalue weighted by Crippen LogP contribution is 2.92. The fraction of sp³-hybridized carbons (Fsp3) is 0.192. The van der Waals surface area contributed by atoms with E-state index in [-0.39, 0.29) is 53.1 Å². The number of carbonyl (C=O) groups excluding carboxylic acids is 1. The number of amides is 1. The van der Waals surface area contributed by atoms with Gasteiger partial charge in [0.05, 0.1) is 5.41 Å². The van der Waals surface area contributed by atoms with E-state index in [0.717, 1.165) is 0 Å². The van der Waals surface area contributed by atoms with Crippen LogP contribution in [0.3, 0.4) is 0 Å². The highest BCUT2D eigenvalue weighted by atomic mass is 19.4. The number of benzene rings is 13. The van der Waals surface area contributed by atoms with Gasteiger partial charge in [0.25, 0.3) is 5.91 Å². The molecule has 0 radical (unpaired) electrons. The monoisotopic (exact) mass is 1010 g/mol. The minimum Gasteiger partial charge on any atom is -0.331 e. The lowest BCUT2D eigenvalue weighted by molar-refractivity contribution is -0.166. The third-order valence-corrected chi connectivity index (χ3v) is 29.5. The molecular formula is C73H18F3N3O. The van der Waals surface area contributed by atoms with Gasteiger partial charge in [-0.05, 0) is 309 Å². The van der Waals surface area contributed by atoms with Crippen molar-refractivity contribution < 1.29 is 18.0 Å². The average molecular weight is 1010 g/mol. The average Bonchev–Trinajstić information content (AvgIpc) is 1.75. The highest BCUT2D eigenvalue weighted by molar-refractivity contribution is 6.73. The minimum atomic E-state index is -4.65. The lowest BCUT2D eigenvalue weighted by atomic mass is 9.41. The molecule has 2 spiro atoms. The van der Waals surface area contributed by atoms with Crippen molar-refractivity contribution >= 4 is 211 Å². The zero-order chi connectivity index (χ0) is 49.2. The molecule has 0 N–H and O–H groups in total. The second-order valence-electron chi connectivity index (χ2n) is 29.5. The van der Waals surface area contributed by atoms with Crippen LogP contribution in [0.2, 0.25) is 0 Å². The summed E-state index contributed by atoms with van der Waals surface area (Å²) in [5.74, 6) is 1.28. The Hall–Kier alpha value is -8.68. The van der Waals surface area contributed by atoms with E-state index >= 15 is 4.79 Å². The predicted molar refractivity (Wildman–Crippen MR) is 305 cm³/mol. The van der Waals surface area contributed by atoms with Crippen LogP contribution in [-0.4, -0.2) is 29.1 Å². The van der Waals surface area contributed by atoms with Crippen LogP contribution in [0, 0.1) is 5.92 Å². The van der Waals surface area contributed by atoms with E-state index in [1.165, 1.54) is 12.1 Å². The zero-order valence-electron chi connectivity index (χ0n) is 41.3. The quantitative estimate of drug-likeness (QED) is 0.159. The number of allylic oxidation sites excluding steroid dienone is 4. The molecular weight excluding hydrogens is 992 g/mol. The topological polar surface area (TPSA) is 45.0 Å². The molecule has 7 heteroatoms. The maximum absolute atomic E-state index is 16.6. The standard InChI is InChI=1S/C73H18F3N3O/c1-7-70-65-57-49-39-29-21-13-11-12-15-19-17(13)25-33-27(19)37-31-23(15)24-16(12)20-18-14(11)22(21)30-36-26(18)34-28(20)38-32(24)42-41(31)51-45(37)55-47(33)53(43(49)35(25)29)61(65)63(55)67-59(51)60-52(42)46(38)56-48(34)54-44(36)50(40(30)39)58(57)66(70)62(54)64(56)68(60)71(67,70)8(2)79(7)69(80)9-3-5-10(6-4-9)72(77-78-72)73(74,75)76/h3-8,21,29,45,55,57,65H,1-2H3/t7-,8-,21?,29?,45?,55?,57?,65?,70?,71?/m0/s1. The molecule has 352 valence electrons. The predicted octanol–water partition coefficient (Wildman–Crippen LogP) is 16.3. The van der Waals surface area contributed by atoms with Gasteiger partial charge in [-0.2, -0.15) is 13.2 Å². The van der Waals surface area contributed by atoms with Crippen LogP contribution < -0.4 is 5.22 Å². The number of carbonyl (C=O) groups is 1. The van der Waals surface area contributed by atoms with E-state index in [0.29, 0.717) is 11.5 Å². The number of hydrogen-bond acceptors (Lipinski definition) is 3. The van der Waals surface area contributed by atoms with Crippen LogP contribution in [-0.2, 0) is 16.5 Å². The molecule has 19 aromatic rings. The molecule has 1 fully saturated rings. The molecule has 0 saturated carbocycles. The summed E-state index contributed by atoms with van der Waals surface area (Å²) in [5, 5.41) is 63.2. The van der Waals surface area contributed by atoms with Gasteiger partial charge < -0.3 is 4.90 Å². The van der Waals surface area contributed by atoms with E-state index in [2.05, 4.69) is 29.0 Å². The Morgan fingerprint density at radius 2 is 0.863 bits per heavy atom. The minimum absolute atomic E-state index is 0.0324. The molecule has 10 atom stereocenters. The van der Waals surface area contributed by atoms with E-state index < -0.39 is 22.7 Å². The van der Waals surface area contributed by atoms with Crippen molar-refractivity contribution in [3.8, 4) is 0 Å². The van der Waals surface area contributed by atoms with E-state index in [1.807, 2.05) is 0 Å². The molecule has 0 aromatic heterocycles. The molecule has 4 nitrogen and oxygen atoms in total. The lowest BCUT2D eigenvalue weighted by Crippen LogP contribution is -2.60. The van der Waals surface area contributed by atoms with Crippen molar-refractivity contribution in [1.82, 2.24) is 4.90 Å². The van der Waals surface area contributed by atoms with Crippen LogP contribution in [0.25, 0.3) is 205 Å². The molecule has 80 heavy (non-hydrogen) atoms.